The predicted molar refractivity (Wildman–Crippen MR) is 107 cm³/mol. The molecule has 1 N–H and O–H groups in total. The standard InChI is InChI=1S/C23H25F2NO4/c1-26(12-18(27)22-6-2-14-10-16(24)4-8-20(14)29-22)13-19(28)23-7-3-15-11-17(25)5-9-21(15)30-23/h4-5,8-11,18,22-23,27H,2-3,6-7,12-13H2,1H3. The summed E-state index contributed by atoms with van der Waals surface area (Å²) in [7, 11) is 1.76. The summed E-state index contributed by atoms with van der Waals surface area (Å²) in [5.41, 5.74) is 1.58. The molecule has 7 heteroatoms. The van der Waals surface area contributed by atoms with Crippen LogP contribution in [0.4, 0.5) is 8.78 Å². The lowest BCUT2D eigenvalue weighted by Crippen LogP contribution is -2.45. The zero-order valence-corrected chi connectivity index (χ0v) is 16.8. The molecule has 2 heterocycles. The van der Waals surface area contributed by atoms with Crippen molar-refractivity contribution in [1.82, 2.24) is 4.90 Å². The topological polar surface area (TPSA) is 59.0 Å². The third kappa shape index (κ3) is 4.63. The number of aliphatic hydroxyl groups is 1. The number of carbonyl (C=O) groups excluding carboxylic acids is 1. The van der Waals surface area contributed by atoms with Gasteiger partial charge in [-0.2, -0.15) is 0 Å². The maximum atomic E-state index is 13.3. The summed E-state index contributed by atoms with van der Waals surface area (Å²) in [4.78, 5) is 14.4. The van der Waals surface area contributed by atoms with Crippen LogP contribution in [-0.2, 0) is 17.6 Å². The number of benzene rings is 2. The Morgan fingerprint density at radius 3 is 2.33 bits per heavy atom. The first-order valence-electron chi connectivity index (χ1n) is 10.2. The third-order valence-corrected chi connectivity index (χ3v) is 5.68. The number of nitrogens with zero attached hydrogens (tertiary/aromatic N) is 1. The summed E-state index contributed by atoms with van der Waals surface area (Å²) < 4.78 is 38.2. The van der Waals surface area contributed by atoms with Crippen LogP contribution in [0, 0.1) is 11.6 Å². The van der Waals surface area contributed by atoms with Crippen LogP contribution in [-0.4, -0.2) is 54.2 Å². The second-order valence-corrected chi connectivity index (χ2v) is 8.07. The molecule has 30 heavy (non-hydrogen) atoms. The number of rotatable bonds is 6. The Kier molecular flexibility index (Phi) is 6.01. The quantitative estimate of drug-likeness (QED) is 0.783. The predicted octanol–water partition coefficient (Wildman–Crippen LogP) is 2.91. The first-order valence-corrected chi connectivity index (χ1v) is 10.2. The molecule has 3 atom stereocenters. The first kappa shape index (κ1) is 20.8. The molecule has 3 unspecified atom stereocenters. The Bertz CT molecular complexity index is 935. The van der Waals surface area contributed by atoms with Gasteiger partial charge in [-0.1, -0.05) is 0 Å². The van der Waals surface area contributed by atoms with Crippen LogP contribution in [0.15, 0.2) is 36.4 Å². The van der Waals surface area contributed by atoms with Crippen LogP contribution < -0.4 is 9.47 Å². The summed E-state index contributed by atoms with van der Waals surface area (Å²) in [5.74, 6) is 0.455. The van der Waals surface area contributed by atoms with E-state index in [1.165, 1.54) is 24.3 Å². The molecule has 0 aliphatic carbocycles. The lowest BCUT2D eigenvalue weighted by Gasteiger charge is -2.32. The average Bonchev–Trinajstić information content (AvgIpc) is 2.72. The molecule has 5 nitrogen and oxygen atoms in total. The van der Waals surface area contributed by atoms with E-state index in [0.717, 1.165) is 11.1 Å². The maximum Gasteiger partial charge on any atom is 0.187 e. The van der Waals surface area contributed by atoms with Gasteiger partial charge in [0.25, 0.3) is 0 Å². The van der Waals surface area contributed by atoms with Crippen molar-refractivity contribution >= 4 is 5.78 Å². The zero-order valence-electron chi connectivity index (χ0n) is 16.8. The molecule has 0 spiro atoms. The summed E-state index contributed by atoms with van der Waals surface area (Å²) in [6.45, 7) is 0.397. The van der Waals surface area contributed by atoms with E-state index in [9.17, 15) is 18.7 Å². The number of likely N-dealkylation sites (N-methyl/N-ethyl adjacent to an activating group) is 1. The molecule has 0 radical (unpaired) electrons. The number of Topliss-reactive ketones (excluding diaryl/α,β-unsaturated/α-hetero) is 1. The van der Waals surface area contributed by atoms with Gasteiger partial charge in [0, 0.05) is 6.54 Å². The van der Waals surface area contributed by atoms with E-state index in [1.807, 2.05) is 0 Å². The molecule has 0 saturated heterocycles. The van der Waals surface area contributed by atoms with Crippen LogP contribution in [0.3, 0.4) is 0 Å². The van der Waals surface area contributed by atoms with Crippen molar-refractivity contribution in [3.8, 4) is 11.5 Å². The van der Waals surface area contributed by atoms with Crippen molar-refractivity contribution in [2.75, 3.05) is 20.1 Å². The lowest BCUT2D eigenvalue weighted by atomic mass is 9.98. The molecule has 0 bridgehead atoms. The van der Waals surface area contributed by atoms with Gasteiger partial charge < -0.3 is 14.6 Å². The van der Waals surface area contributed by atoms with Crippen molar-refractivity contribution in [2.45, 2.75) is 44.0 Å². The highest BCUT2D eigenvalue weighted by atomic mass is 19.1. The lowest BCUT2D eigenvalue weighted by molar-refractivity contribution is -0.127. The van der Waals surface area contributed by atoms with Crippen LogP contribution >= 0.6 is 0 Å². The number of hydrogen-bond donors (Lipinski definition) is 1. The van der Waals surface area contributed by atoms with Gasteiger partial charge in [0.1, 0.15) is 35.3 Å². The molecule has 2 aliphatic rings. The van der Waals surface area contributed by atoms with Crippen molar-refractivity contribution in [3.63, 3.8) is 0 Å². The molecule has 0 amide bonds. The Balaban J connectivity index is 1.29. The van der Waals surface area contributed by atoms with Gasteiger partial charge in [-0.3, -0.25) is 9.69 Å². The van der Waals surface area contributed by atoms with Crippen molar-refractivity contribution in [1.29, 1.82) is 0 Å². The summed E-state index contributed by atoms with van der Waals surface area (Å²) >= 11 is 0. The van der Waals surface area contributed by atoms with E-state index in [4.69, 9.17) is 9.47 Å². The number of halogens is 2. The molecular formula is C23H25F2NO4. The van der Waals surface area contributed by atoms with Gasteiger partial charge in [-0.05, 0) is 80.3 Å². The summed E-state index contributed by atoms with van der Waals surface area (Å²) in [6, 6.07) is 8.71. The fourth-order valence-electron chi connectivity index (χ4n) is 4.10. The highest BCUT2D eigenvalue weighted by molar-refractivity contribution is 5.85. The largest absolute Gasteiger partial charge is 0.487 e. The molecule has 2 aromatic carbocycles. The molecule has 4 rings (SSSR count). The summed E-state index contributed by atoms with van der Waals surface area (Å²) in [6.07, 6.45) is 0.544. The summed E-state index contributed by atoms with van der Waals surface area (Å²) in [5, 5.41) is 10.6. The van der Waals surface area contributed by atoms with Gasteiger partial charge in [-0.15, -0.1) is 0 Å². The van der Waals surface area contributed by atoms with E-state index < -0.39 is 18.3 Å². The highest BCUT2D eigenvalue weighted by Gasteiger charge is 2.30. The van der Waals surface area contributed by atoms with E-state index in [2.05, 4.69) is 0 Å². The average molecular weight is 417 g/mol. The molecule has 0 aromatic heterocycles. The number of aryl methyl sites for hydroxylation is 2. The number of aliphatic hydroxyl groups excluding tert-OH is 1. The molecule has 0 saturated carbocycles. The van der Waals surface area contributed by atoms with Crippen molar-refractivity contribution in [2.24, 2.45) is 0 Å². The minimum absolute atomic E-state index is 0.0786. The van der Waals surface area contributed by atoms with Gasteiger partial charge in [0.15, 0.2) is 11.9 Å². The maximum absolute atomic E-state index is 13.3. The van der Waals surface area contributed by atoms with Gasteiger partial charge in [-0.25, -0.2) is 8.78 Å². The number of ketones is 1. The van der Waals surface area contributed by atoms with Crippen LogP contribution in [0.1, 0.15) is 24.0 Å². The molecular weight excluding hydrogens is 392 g/mol. The van der Waals surface area contributed by atoms with Crippen LogP contribution in [0.5, 0.6) is 11.5 Å². The monoisotopic (exact) mass is 417 g/mol. The SMILES string of the molecule is CN(CC(=O)C1CCc2cc(F)ccc2O1)CC(O)C1CCc2cc(F)ccc2O1. The van der Waals surface area contributed by atoms with Gasteiger partial charge in [0.05, 0.1) is 6.54 Å². The zero-order chi connectivity index (χ0) is 21.3. The van der Waals surface area contributed by atoms with Crippen LogP contribution in [0.2, 0.25) is 0 Å². The second-order valence-electron chi connectivity index (χ2n) is 8.07. The van der Waals surface area contributed by atoms with Gasteiger partial charge in [0.2, 0.25) is 0 Å². The highest BCUT2D eigenvalue weighted by Crippen LogP contribution is 2.30. The van der Waals surface area contributed by atoms with E-state index in [-0.39, 0.29) is 30.5 Å². The van der Waals surface area contributed by atoms with E-state index >= 15 is 0 Å². The smallest absolute Gasteiger partial charge is 0.187 e. The molecule has 2 aliphatic heterocycles. The minimum Gasteiger partial charge on any atom is -0.487 e. The Labute approximate surface area is 174 Å². The van der Waals surface area contributed by atoms with Crippen molar-refractivity contribution < 1.29 is 28.2 Å². The number of hydrogen-bond acceptors (Lipinski definition) is 5. The van der Waals surface area contributed by atoms with Crippen LogP contribution in [0.25, 0.3) is 0 Å². The van der Waals surface area contributed by atoms with E-state index in [1.54, 1.807) is 24.1 Å². The Morgan fingerprint density at radius 1 is 1.07 bits per heavy atom. The minimum atomic E-state index is -0.781. The normalized spacial score (nSPS) is 21.2. The van der Waals surface area contributed by atoms with Crippen molar-refractivity contribution in [3.05, 3.63) is 59.2 Å². The number of ether oxygens (including phenoxy) is 2. The Hall–Kier alpha value is -2.51. The number of fused-ring (bicyclic) bond motifs is 2. The molecule has 0 fully saturated rings. The Morgan fingerprint density at radius 2 is 1.67 bits per heavy atom. The van der Waals surface area contributed by atoms with E-state index in [0.29, 0.717) is 37.2 Å². The molecule has 2 aromatic rings. The van der Waals surface area contributed by atoms with Gasteiger partial charge >= 0.3 is 0 Å². The fraction of sp³-hybridized carbons (Fsp3) is 0.435. The second kappa shape index (κ2) is 8.70. The third-order valence-electron chi connectivity index (χ3n) is 5.68. The molecule has 160 valence electrons. The number of carbonyl (C=O) groups is 1. The fourth-order valence-corrected chi connectivity index (χ4v) is 4.10. The first-order chi connectivity index (χ1) is 14.4.